The minimum Gasteiger partial charge on any atom is -0.490 e. The van der Waals surface area contributed by atoms with Crippen LogP contribution in [-0.2, 0) is 9.53 Å². The first kappa shape index (κ1) is 22.9. The van der Waals surface area contributed by atoms with Crippen molar-refractivity contribution in [1.29, 1.82) is 0 Å². The highest BCUT2D eigenvalue weighted by Gasteiger charge is 2.46. The second-order valence-corrected chi connectivity index (χ2v) is 9.70. The Morgan fingerprint density at radius 2 is 1.85 bits per heavy atom. The average Bonchev–Trinajstić information content (AvgIpc) is 3.47. The highest BCUT2D eigenvalue weighted by molar-refractivity contribution is 5.82. The summed E-state index contributed by atoms with van der Waals surface area (Å²) in [6.07, 6.45) is 9.81. The van der Waals surface area contributed by atoms with Gasteiger partial charge in [0.2, 0.25) is 0 Å². The number of carbonyl (C=O) groups excluding carboxylic acids is 1. The van der Waals surface area contributed by atoms with E-state index in [-0.39, 0.29) is 30.2 Å². The van der Waals surface area contributed by atoms with Crippen molar-refractivity contribution < 1.29 is 14.3 Å². The van der Waals surface area contributed by atoms with Crippen LogP contribution in [0.4, 0.5) is 5.69 Å². The molecule has 5 nitrogen and oxygen atoms in total. The summed E-state index contributed by atoms with van der Waals surface area (Å²) in [5, 5.41) is 0. The highest BCUT2D eigenvalue weighted by Crippen LogP contribution is 2.39. The van der Waals surface area contributed by atoms with Crippen LogP contribution in [0.5, 0.6) is 5.75 Å². The van der Waals surface area contributed by atoms with Gasteiger partial charge < -0.3 is 14.4 Å². The molecule has 178 valence electrons. The van der Waals surface area contributed by atoms with Crippen LogP contribution in [0.15, 0.2) is 47.5 Å². The summed E-state index contributed by atoms with van der Waals surface area (Å²) in [4.78, 5) is 19.4. The number of ether oxygens (including phenoxy) is 2. The molecule has 0 N–H and O–H groups in total. The first-order chi connectivity index (χ1) is 16.6. The Kier molecular flexibility index (Phi) is 6.55. The maximum absolute atomic E-state index is 13.0. The summed E-state index contributed by atoms with van der Waals surface area (Å²) < 4.78 is 12.1. The molecule has 1 unspecified atom stereocenters. The Hall–Kier alpha value is -2.92. The van der Waals surface area contributed by atoms with Crippen LogP contribution in [0.25, 0.3) is 17.2 Å². The van der Waals surface area contributed by atoms with Crippen molar-refractivity contribution in [3.05, 3.63) is 53.6 Å². The number of hydrogen-bond acceptors (Lipinski definition) is 4. The maximum Gasteiger partial charge on any atom is 0.252 e. The number of hydrogen-bond donors (Lipinski definition) is 0. The Bertz CT molecular complexity index is 1070. The lowest BCUT2D eigenvalue weighted by Crippen LogP contribution is -2.52. The minimum atomic E-state index is -0.222. The summed E-state index contributed by atoms with van der Waals surface area (Å²) in [5.41, 5.74) is 5.42. The average molecular weight is 459 g/mol. The third kappa shape index (κ3) is 4.29. The molecule has 3 aliphatic heterocycles. The molecule has 1 amide bonds. The predicted molar refractivity (Wildman–Crippen MR) is 137 cm³/mol. The third-order valence-corrected chi connectivity index (χ3v) is 7.58. The van der Waals surface area contributed by atoms with Crippen molar-refractivity contribution in [2.24, 2.45) is 4.99 Å². The van der Waals surface area contributed by atoms with E-state index in [9.17, 15) is 4.79 Å². The molecule has 3 saturated heterocycles. The smallest absolute Gasteiger partial charge is 0.252 e. The Labute approximate surface area is 202 Å². The number of piperidine rings is 1. The van der Waals surface area contributed by atoms with Gasteiger partial charge in [-0.2, -0.15) is 0 Å². The minimum absolute atomic E-state index is 0.148. The number of benzene rings is 2. The van der Waals surface area contributed by atoms with Gasteiger partial charge in [-0.15, -0.1) is 0 Å². The van der Waals surface area contributed by atoms with Gasteiger partial charge in [0.05, 0.1) is 5.69 Å². The van der Waals surface area contributed by atoms with E-state index < -0.39 is 0 Å². The zero-order valence-electron chi connectivity index (χ0n) is 20.2. The van der Waals surface area contributed by atoms with Crippen molar-refractivity contribution in [3.63, 3.8) is 0 Å². The standard InChI is InChI=1S/C29H34N2O3/c1-4-6-21-10-15-26(19(2)28(21)30-3)20-8-13-24(14-9-20)34-25-17-22-11-12-23(18-25)31(22)29(32)27-7-5-16-33-27/h4,6,8-10,13-15,22-23,25,27H,3,5,7,11-12,16-18H2,1-2H3/b6-4-/t22-,23+,25?,27-/m1/s1. The number of fused-ring (bicyclic) bond motifs is 2. The monoisotopic (exact) mass is 458 g/mol. The van der Waals surface area contributed by atoms with Gasteiger partial charge in [-0.1, -0.05) is 36.4 Å². The summed E-state index contributed by atoms with van der Waals surface area (Å²) in [7, 11) is 0. The van der Waals surface area contributed by atoms with Crippen LogP contribution in [-0.4, -0.2) is 48.4 Å². The van der Waals surface area contributed by atoms with Crippen LogP contribution in [0.2, 0.25) is 0 Å². The van der Waals surface area contributed by atoms with E-state index in [1.807, 2.05) is 13.0 Å². The number of aliphatic imine (C=N–C) groups is 1. The van der Waals surface area contributed by atoms with Gasteiger partial charge in [0.15, 0.2) is 0 Å². The number of nitrogens with zero attached hydrogens (tertiary/aromatic N) is 2. The van der Waals surface area contributed by atoms with E-state index in [1.165, 1.54) is 0 Å². The van der Waals surface area contributed by atoms with Crippen molar-refractivity contribution in [3.8, 4) is 16.9 Å². The second-order valence-electron chi connectivity index (χ2n) is 9.70. The molecule has 0 spiro atoms. The zero-order valence-corrected chi connectivity index (χ0v) is 20.2. The van der Waals surface area contributed by atoms with Gasteiger partial charge in [0.1, 0.15) is 18.0 Å². The molecular formula is C29H34N2O3. The summed E-state index contributed by atoms with van der Waals surface area (Å²) >= 11 is 0. The van der Waals surface area contributed by atoms with Gasteiger partial charge >= 0.3 is 0 Å². The van der Waals surface area contributed by atoms with Crippen LogP contribution in [0.1, 0.15) is 56.6 Å². The van der Waals surface area contributed by atoms with Gasteiger partial charge in [0, 0.05) is 37.1 Å². The lowest BCUT2D eigenvalue weighted by molar-refractivity contribution is -0.147. The van der Waals surface area contributed by atoms with E-state index in [4.69, 9.17) is 9.47 Å². The number of carbonyl (C=O) groups is 1. The summed E-state index contributed by atoms with van der Waals surface area (Å²) in [5.74, 6) is 1.09. The predicted octanol–water partition coefficient (Wildman–Crippen LogP) is 6.11. The fourth-order valence-corrected chi connectivity index (χ4v) is 5.99. The van der Waals surface area contributed by atoms with Crippen LogP contribution in [0, 0.1) is 6.92 Å². The lowest BCUT2D eigenvalue weighted by Gasteiger charge is -2.39. The van der Waals surface area contributed by atoms with Crippen molar-refractivity contribution in [2.75, 3.05) is 6.61 Å². The molecule has 5 rings (SSSR count). The Morgan fingerprint density at radius 3 is 2.47 bits per heavy atom. The fourth-order valence-electron chi connectivity index (χ4n) is 5.99. The maximum atomic E-state index is 13.0. The van der Waals surface area contributed by atoms with E-state index in [0.717, 1.165) is 72.2 Å². The van der Waals surface area contributed by atoms with Crippen molar-refractivity contribution in [1.82, 2.24) is 4.90 Å². The molecular weight excluding hydrogens is 424 g/mol. The molecule has 2 bridgehead atoms. The topological polar surface area (TPSA) is 51.1 Å². The Balaban J connectivity index is 1.26. The first-order valence-corrected chi connectivity index (χ1v) is 12.5. The molecule has 2 aromatic rings. The van der Waals surface area contributed by atoms with Crippen molar-refractivity contribution in [2.45, 2.75) is 76.7 Å². The van der Waals surface area contributed by atoms with Crippen LogP contribution in [0.3, 0.4) is 0 Å². The largest absolute Gasteiger partial charge is 0.490 e. The normalized spacial score (nSPS) is 26.2. The third-order valence-electron chi connectivity index (χ3n) is 7.58. The quantitative estimate of drug-likeness (QED) is 0.491. The van der Waals surface area contributed by atoms with Gasteiger partial charge in [-0.05, 0) is 75.1 Å². The number of amides is 1. The first-order valence-electron chi connectivity index (χ1n) is 12.5. The van der Waals surface area contributed by atoms with Crippen molar-refractivity contribution >= 4 is 24.4 Å². The molecule has 3 heterocycles. The molecule has 0 aliphatic carbocycles. The molecule has 5 heteroatoms. The van der Waals surface area contributed by atoms with Gasteiger partial charge in [-0.25, -0.2) is 0 Å². The zero-order chi connectivity index (χ0) is 23.7. The van der Waals surface area contributed by atoms with Gasteiger partial charge in [0.25, 0.3) is 5.91 Å². The molecule has 0 saturated carbocycles. The molecule has 3 aliphatic rings. The van der Waals surface area contributed by atoms with Gasteiger partial charge in [-0.3, -0.25) is 9.79 Å². The SMILES string of the molecule is C=Nc1c(/C=C\C)ccc(-c2ccc(OC3C[C@H]4CC[C@@H](C3)N4C(=O)[C@H]3CCCO3)cc2)c1C. The van der Waals surface area contributed by atoms with E-state index >= 15 is 0 Å². The molecule has 0 radical (unpaired) electrons. The fraction of sp³-hybridized carbons (Fsp3) is 0.448. The number of rotatable bonds is 6. The molecule has 34 heavy (non-hydrogen) atoms. The van der Waals surface area contributed by atoms with E-state index in [2.05, 4.69) is 66.0 Å². The lowest BCUT2D eigenvalue weighted by atomic mass is 9.96. The van der Waals surface area contributed by atoms with E-state index in [0.29, 0.717) is 6.61 Å². The molecule has 3 fully saturated rings. The second kappa shape index (κ2) is 9.75. The molecule has 2 aromatic carbocycles. The highest BCUT2D eigenvalue weighted by atomic mass is 16.5. The Morgan fingerprint density at radius 1 is 1.12 bits per heavy atom. The van der Waals surface area contributed by atoms with E-state index in [1.54, 1.807) is 0 Å². The summed E-state index contributed by atoms with van der Waals surface area (Å²) in [6, 6.07) is 13.1. The summed E-state index contributed by atoms with van der Waals surface area (Å²) in [6.45, 7) is 8.58. The van der Waals surface area contributed by atoms with Crippen LogP contribution < -0.4 is 4.74 Å². The molecule has 0 aromatic heterocycles. The number of allylic oxidation sites excluding steroid dienone is 1. The van der Waals surface area contributed by atoms with Crippen LogP contribution >= 0.6 is 0 Å². The molecule has 4 atom stereocenters.